The first-order valence-electron chi connectivity index (χ1n) is 4.00. The molecular weight excluding hydrogens is 218 g/mol. The molecule has 0 aliphatic rings. The average molecular weight is 226 g/mol. The Morgan fingerprint density at radius 2 is 2.14 bits per heavy atom. The van der Waals surface area contributed by atoms with Crippen molar-refractivity contribution in [2.45, 2.75) is 0 Å². The van der Waals surface area contributed by atoms with Crippen molar-refractivity contribution in [3.63, 3.8) is 0 Å². The lowest BCUT2D eigenvalue weighted by atomic mass is 10.3. The predicted molar refractivity (Wildman–Crippen MR) is 59.1 cm³/mol. The molecule has 0 aliphatic carbocycles. The van der Waals surface area contributed by atoms with Crippen LogP contribution >= 0.6 is 11.3 Å². The van der Waals surface area contributed by atoms with E-state index in [1.165, 1.54) is 22.7 Å². The second kappa shape index (κ2) is 3.68. The fraction of sp³-hybridized carbons (Fsp3) is 0.111. The summed E-state index contributed by atoms with van der Waals surface area (Å²) in [5.41, 5.74) is 0. The van der Waals surface area contributed by atoms with Crippen molar-refractivity contribution in [2.75, 3.05) is 11.4 Å². The van der Waals surface area contributed by atoms with Crippen LogP contribution in [0.15, 0.2) is 30.3 Å². The molecule has 3 nitrogen and oxygen atoms in total. The van der Waals surface area contributed by atoms with Crippen LogP contribution < -0.4 is 4.31 Å². The van der Waals surface area contributed by atoms with Gasteiger partial charge in [0.2, 0.25) is 0 Å². The van der Waals surface area contributed by atoms with Gasteiger partial charge < -0.3 is 4.55 Å². The van der Waals surface area contributed by atoms with Crippen molar-refractivity contribution in [1.29, 1.82) is 0 Å². The van der Waals surface area contributed by atoms with E-state index in [4.69, 9.17) is 0 Å². The number of benzene rings is 1. The Bertz CT molecular complexity index is 447. The van der Waals surface area contributed by atoms with E-state index in [2.05, 4.69) is 0 Å². The predicted octanol–water partition coefficient (Wildman–Crippen LogP) is 2.13. The molecule has 5 heteroatoms. The first-order valence-corrected chi connectivity index (χ1v) is 5.85. The molecule has 0 bridgehead atoms. The van der Waals surface area contributed by atoms with Crippen LogP contribution in [0, 0.1) is 0 Å². The van der Waals surface area contributed by atoms with E-state index in [-0.39, 0.29) is 0 Å². The van der Waals surface area contributed by atoms with Crippen LogP contribution in [0.4, 0.5) is 5.00 Å². The normalized spacial score (nSPS) is 13.0. The summed E-state index contributed by atoms with van der Waals surface area (Å²) in [6.45, 7) is 0. The van der Waals surface area contributed by atoms with Gasteiger partial charge in [-0.2, -0.15) is 0 Å². The molecular formula is C9H8NO2S2-. The maximum atomic E-state index is 10.7. The molecule has 0 N–H and O–H groups in total. The Kier molecular flexibility index (Phi) is 2.54. The molecule has 1 atom stereocenters. The summed E-state index contributed by atoms with van der Waals surface area (Å²) < 4.78 is 23.7. The SMILES string of the molecule is CN(c1cc2ccccc2s1)S(=O)[O-]. The van der Waals surface area contributed by atoms with Crippen LogP contribution in [-0.2, 0) is 11.3 Å². The second-order valence-electron chi connectivity index (χ2n) is 2.84. The van der Waals surface area contributed by atoms with E-state index in [0.29, 0.717) is 0 Å². The molecule has 0 spiro atoms. The first-order chi connectivity index (χ1) is 6.68. The van der Waals surface area contributed by atoms with Crippen molar-refractivity contribution in [1.82, 2.24) is 0 Å². The van der Waals surface area contributed by atoms with Crippen LogP contribution in [0.5, 0.6) is 0 Å². The van der Waals surface area contributed by atoms with E-state index >= 15 is 0 Å². The molecule has 14 heavy (non-hydrogen) atoms. The zero-order valence-electron chi connectivity index (χ0n) is 7.47. The monoisotopic (exact) mass is 226 g/mol. The minimum atomic E-state index is -2.19. The first kappa shape index (κ1) is 9.64. The highest BCUT2D eigenvalue weighted by molar-refractivity contribution is 7.80. The molecule has 0 aliphatic heterocycles. The van der Waals surface area contributed by atoms with Gasteiger partial charge >= 0.3 is 0 Å². The fourth-order valence-electron chi connectivity index (χ4n) is 1.20. The Morgan fingerprint density at radius 1 is 1.43 bits per heavy atom. The van der Waals surface area contributed by atoms with Gasteiger partial charge in [-0.05, 0) is 17.5 Å². The zero-order valence-corrected chi connectivity index (χ0v) is 9.10. The van der Waals surface area contributed by atoms with Gasteiger partial charge in [0.25, 0.3) is 0 Å². The van der Waals surface area contributed by atoms with Crippen LogP contribution in [0.3, 0.4) is 0 Å². The topological polar surface area (TPSA) is 43.4 Å². The van der Waals surface area contributed by atoms with Gasteiger partial charge in [0.1, 0.15) is 5.00 Å². The van der Waals surface area contributed by atoms with Gasteiger partial charge in [-0.15, -0.1) is 11.3 Å². The second-order valence-corrected chi connectivity index (χ2v) is 4.88. The standard InChI is InChI=1S/C9H9NO2S2/c1-10(14(11)12)9-6-7-4-2-3-5-8(7)13-9/h2-6H,1H3,(H,11,12)/p-1. The Hall–Kier alpha value is -0.910. The molecule has 1 heterocycles. The lowest BCUT2D eigenvalue weighted by Crippen LogP contribution is -2.17. The van der Waals surface area contributed by atoms with E-state index in [1.54, 1.807) is 0 Å². The van der Waals surface area contributed by atoms with Crippen molar-refractivity contribution in [3.05, 3.63) is 30.3 Å². The molecule has 0 amide bonds. The van der Waals surface area contributed by atoms with Gasteiger partial charge in [0.15, 0.2) is 0 Å². The number of nitrogens with zero attached hydrogens (tertiary/aromatic N) is 1. The minimum absolute atomic E-state index is 0.736. The third kappa shape index (κ3) is 1.66. The summed E-state index contributed by atoms with van der Waals surface area (Å²) in [6.07, 6.45) is 0. The van der Waals surface area contributed by atoms with E-state index in [9.17, 15) is 8.76 Å². The Labute approximate surface area is 88.4 Å². The summed E-state index contributed by atoms with van der Waals surface area (Å²) in [6, 6.07) is 9.70. The van der Waals surface area contributed by atoms with Crippen molar-refractivity contribution < 1.29 is 8.76 Å². The molecule has 1 aromatic carbocycles. The Morgan fingerprint density at radius 3 is 2.79 bits per heavy atom. The van der Waals surface area contributed by atoms with Crippen molar-refractivity contribution in [3.8, 4) is 0 Å². The largest absolute Gasteiger partial charge is 0.755 e. The summed E-state index contributed by atoms with van der Waals surface area (Å²) in [5.74, 6) is 0. The molecule has 74 valence electrons. The summed E-state index contributed by atoms with van der Waals surface area (Å²) in [4.78, 5) is 0. The highest BCUT2D eigenvalue weighted by atomic mass is 32.2. The maximum absolute atomic E-state index is 10.7. The average Bonchev–Trinajstić information content (AvgIpc) is 2.59. The number of hydrogen-bond acceptors (Lipinski definition) is 3. The number of anilines is 1. The number of fused-ring (bicyclic) bond motifs is 1. The highest BCUT2D eigenvalue weighted by Gasteiger charge is 2.05. The molecule has 1 aromatic heterocycles. The van der Waals surface area contributed by atoms with E-state index < -0.39 is 11.3 Å². The summed E-state index contributed by atoms with van der Waals surface area (Å²) >= 11 is -0.728. The van der Waals surface area contributed by atoms with Gasteiger partial charge in [0.05, 0.1) is 0 Å². The third-order valence-corrected chi connectivity index (χ3v) is 3.90. The lowest BCUT2D eigenvalue weighted by Gasteiger charge is -2.18. The molecule has 0 radical (unpaired) electrons. The smallest absolute Gasteiger partial charge is 0.103 e. The summed E-state index contributed by atoms with van der Waals surface area (Å²) in [7, 11) is 1.54. The quantitative estimate of drug-likeness (QED) is 0.736. The van der Waals surface area contributed by atoms with Gasteiger partial charge in [-0.3, -0.25) is 8.51 Å². The van der Waals surface area contributed by atoms with Crippen molar-refractivity contribution >= 4 is 37.7 Å². The minimum Gasteiger partial charge on any atom is -0.755 e. The highest BCUT2D eigenvalue weighted by Crippen LogP contribution is 2.31. The molecule has 0 saturated carbocycles. The maximum Gasteiger partial charge on any atom is 0.103 e. The summed E-state index contributed by atoms with van der Waals surface area (Å²) in [5, 5.41) is 1.81. The molecule has 1 unspecified atom stereocenters. The van der Waals surface area contributed by atoms with Crippen LogP contribution in [0.1, 0.15) is 0 Å². The molecule has 0 fully saturated rings. The van der Waals surface area contributed by atoms with Crippen LogP contribution in [0.2, 0.25) is 0 Å². The molecule has 0 saturated heterocycles. The van der Waals surface area contributed by atoms with E-state index in [0.717, 1.165) is 15.1 Å². The molecule has 2 rings (SSSR count). The van der Waals surface area contributed by atoms with E-state index in [1.807, 2.05) is 30.3 Å². The third-order valence-electron chi connectivity index (χ3n) is 1.95. The zero-order chi connectivity index (χ0) is 10.1. The van der Waals surface area contributed by atoms with Crippen LogP contribution in [-0.4, -0.2) is 15.8 Å². The Balaban J connectivity index is 2.50. The van der Waals surface area contributed by atoms with Gasteiger partial charge in [-0.25, -0.2) is 0 Å². The molecule has 2 aromatic rings. The number of rotatable bonds is 2. The lowest BCUT2D eigenvalue weighted by molar-refractivity contribution is 0.535. The number of thiophene rings is 1. The van der Waals surface area contributed by atoms with Crippen molar-refractivity contribution in [2.24, 2.45) is 0 Å². The van der Waals surface area contributed by atoms with Gasteiger partial charge in [-0.1, -0.05) is 18.2 Å². The number of hydrogen-bond donors (Lipinski definition) is 0. The van der Waals surface area contributed by atoms with Crippen LogP contribution in [0.25, 0.3) is 10.1 Å². The fourth-order valence-corrected chi connectivity index (χ4v) is 2.62. The van der Waals surface area contributed by atoms with Gasteiger partial charge in [0, 0.05) is 23.0 Å².